The van der Waals surface area contributed by atoms with E-state index in [1.807, 2.05) is 42.2 Å². The van der Waals surface area contributed by atoms with Crippen molar-refractivity contribution in [3.05, 3.63) is 65.9 Å². The van der Waals surface area contributed by atoms with Crippen LogP contribution < -0.4 is 4.90 Å². The molecule has 0 radical (unpaired) electrons. The van der Waals surface area contributed by atoms with Gasteiger partial charge in [-0.1, -0.05) is 13.0 Å². The first-order chi connectivity index (χ1) is 14.5. The molecule has 1 aliphatic rings. The van der Waals surface area contributed by atoms with E-state index in [0.717, 1.165) is 11.1 Å². The fraction of sp³-hybridized carbons (Fsp3) is 0.273. The Hall–Kier alpha value is -3.55. The third-order valence-corrected chi connectivity index (χ3v) is 5.79. The maximum Gasteiger partial charge on any atom is 0.241 e. The molecule has 0 N–H and O–H groups in total. The molecule has 3 aromatic heterocycles. The molecule has 152 valence electrons. The van der Waals surface area contributed by atoms with Crippen LogP contribution in [0.15, 0.2) is 48.8 Å². The summed E-state index contributed by atoms with van der Waals surface area (Å²) in [5, 5.41) is 5.62. The van der Waals surface area contributed by atoms with Crippen molar-refractivity contribution < 1.29 is 9.18 Å². The highest BCUT2D eigenvalue weighted by atomic mass is 19.1. The molecule has 1 atom stereocenters. The molecule has 5 rings (SSSR count). The number of hydrogen-bond acceptors (Lipinski definition) is 5. The van der Waals surface area contributed by atoms with E-state index in [-0.39, 0.29) is 17.6 Å². The second-order valence-electron chi connectivity index (χ2n) is 7.67. The Kier molecular flexibility index (Phi) is 4.34. The predicted molar refractivity (Wildman–Crippen MR) is 112 cm³/mol. The summed E-state index contributed by atoms with van der Waals surface area (Å²) in [5.74, 6) is 0.207. The normalized spacial score (nSPS) is 15.9. The summed E-state index contributed by atoms with van der Waals surface area (Å²) in [6.07, 6.45) is 3.39. The van der Waals surface area contributed by atoms with Gasteiger partial charge in [0.15, 0.2) is 5.65 Å². The predicted octanol–water partition coefficient (Wildman–Crippen LogP) is 2.85. The largest absolute Gasteiger partial charge is 0.344 e. The Morgan fingerprint density at radius 3 is 2.83 bits per heavy atom. The number of piperazine rings is 1. The number of carbonyl (C=O) groups excluding carboxylic acids is 1. The molecule has 0 saturated carbocycles. The molecule has 1 saturated heterocycles. The fourth-order valence-corrected chi connectivity index (χ4v) is 3.90. The van der Waals surface area contributed by atoms with Crippen LogP contribution >= 0.6 is 0 Å². The van der Waals surface area contributed by atoms with Gasteiger partial charge in [0, 0.05) is 43.7 Å². The summed E-state index contributed by atoms with van der Waals surface area (Å²) in [7, 11) is 1.81. The molecule has 0 spiro atoms. The SMILES string of the molecule is CC(c1cc2cccnc2cc1F)c1cnc2ccc(N3CCN(C)C(=O)C3)nn12. The van der Waals surface area contributed by atoms with Crippen molar-refractivity contribution in [2.75, 3.05) is 31.6 Å². The highest BCUT2D eigenvalue weighted by Gasteiger charge is 2.24. The van der Waals surface area contributed by atoms with Gasteiger partial charge in [-0.3, -0.25) is 9.78 Å². The maximum absolute atomic E-state index is 14.9. The number of halogens is 1. The van der Waals surface area contributed by atoms with Gasteiger partial charge in [-0.05, 0) is 29.8 Å². The van der Waals surface area contributed by atoms with Crippen LogP contribution in [0.5, 0.6) is 0 Å². The first-order valence-electron chi connectivity index (χ1n) is 9.89. The maximum atomic E-state index is 14.9. The van der Waals surface area contributed by atoms with Gasteiger partial charge < -0.3 is 9.80 Å². The molecule has 1 unspecified atom stereocenters. The number of anilines is 1. The Labute approximate surface area is 172 Å². The summed E-state index contributed by atoms with van der Waals surface area (Å²) in [4.78, 5) is 24.4. The van der Waals surface area contributed by atoms with Crippen LogP contribution in [0.3, 0.4) is 0 Å². The van der Waals surface area contributed by atoms with E-state index in [1.165, 1.54) is 6.07 Å². The molecule has 0 aliphatic carbocycles. The molecule has 4 aromatic rings. The molecular weight excluding hydrogens is 383 g/mol. The molecule has 1 aromatic carbocycles. The molecular formula is C22H21FN6O. The van der Waals surface area contributed by atoms with Crippen LogP contribution in [0.25, 0.3) is 16.6 Å². The van der Waals surface area contributed by atoms with Crippen molar-refractivity contribution in [2.45, 2.75) is 12.8 Å². The minimum absolute atomic E-state index is 0.0641. The molecule has 4 heterocycles. The van der Waals surface area contributed by atoms with E-state index < -0.39 is 0 Å². The number of nitrogens with zero attached hydrogens (tertiary/aromatic N) is 6. The Morgan fingerprint density at radius 1 is 1.13 bits per heavy atom. The van der Waals surface area contributed by atoms with Crippen molar-refractivity contribution in [3.63, 3.8) is 0 Å². The summed E-state index contributed by atoms with van der Waals surface area (Å²) in [5.41, 5.74) is 2.67. The van der Waals surface area contributed by atoms with Crippen LogP contribution in [-0.4, -0.2) is 57.1 Å². The molecule has 1 amide bonds. The monoisotopic (exact) mass is 404 g/mol. The van der Waals surface area contributed by atoms with Gasteiger partial charge in [0.1, 0.15) is 11.6 Å². The van der Waals surface area contributed by atoms with E-state index in [0.29, 0.717) is 42.2 Å². The molecule has 1 fully saturated rings. The van der Waals surface area contributed by atoms with E-state index in [1.54, 1.807) is 28.9 Å². The zero-order chi connectivity index (χ0) is 20.8. The third kappa shape index (κ3) is 3.04. The lowest BCUT2D eigenvalue weighted by atomic mass is 9.96. The summed E-state index contributed by atoms with van der Waals surface area (Å²) >= 11 is 0. The van der Waals surface area contributed by atoms with Crippen LogP contribution in [0, 0.1) is 5.82 Å². The molecule has 0 bridgehead atoms. The minimum Gasteiger partial charge on any atom is -0.344 e. The van der Waals surface area contributed by atoms with Crippen molar-refractivity contribution in [1.29, 1.82) is 0 Å². The molecule has 1 aliphatic heterocycles. The number of likely N-dealkylation sites (N-methyl/N-ethyl adjacent to an activating group) is 1. The fourth-order valence-electron chi connectivity index (χ4n) is 3.90. The Balaban J connectivity index is 1.54. The number of hydrogen-bond donors (Lipinski definition) is 0. The smallest absolute Gasteiger partial charge is 0.241 e. The van der Waals surface area contributed by atoms with Gasteiger partial charge >= 0.3 is 0 Å². The lowest BCUT2D eigenvalue weighted by Crippen LogP contribution is -2.48. The first kappa shape index (κ1) is 18.5. The Bertz CT molecular complexity index is 1270. The summed E-state index contributed by atoms with van der Waals surface area (Å²) < 4.78 is 16.6. The van der Waals surface area contributed by atoms with E-state index in [9.17, 15) is 9.18 Å². The van der Waals surface area contributed by atoms with Crippen LogP contribution in [0.1, 0.15) is 24.1 Å². The second-order valence-corrected chi connectivity index (χ2v) is 7.67. The van der Waals surface area contributed by atoms with Gasteiger partial charge in [0.25, 0.3) is 0 Å². The lowest BCUT2D eigenvalue weighted by Gasteiger charge is -2.32. The molecule has 30 heavy (non-hydrogen) atoms. The first-order valence-corrected chi connectivity index (χ1v) is 9.89. The van der Waals surface area contributed by atoms with E-state index in [4.69, 9.17) is 5.10 Å². The summed E-state index contributed by atoms with van der Waals surface area (Å²) in [6.45, 7) is 3.60. The average Bonchev–Trinajstić information content (AvgIpc) is 3.18. The number of benzene rings is 1. The van der Waals surface area contributed by atoms with Gasteiger partial charge in [-0.15, -0.1) is 5.10 Å². The zero-order valence-corrected chi connectivity index (χ0v) is 16.8. The minimum atomic E-state index is -0.301. The number of rotatable bonds is 3. The number of aromatic nitrogens is 4. The van der Waals surface area contributed by atoms with E-state index in [2.05, 4.69) is 9.97 Å². The standard InChI is InChI=1S/C22H21FN6O/c1-14(16-10-15-4-3-7-24-18(15)11-17(16)23)19-12-25-20-5-6-21(26-29(19)20)28-9-8-27(2)22(30)13-28/h3-7,10-12,14H,8-9,13H2,1-2H3. The third-order valence-electron chi connectivity index (χ3n) is 5.79. The number of amides is 1. The number of pyridine rings is 1. The van der Waals surface area contributed by atoms with Crippen LogP contribution in [-0.2, 0) is 4.79 Å². The summed E-state index contributed by atoms with van der Waals surface area (Å²) in [6, 6.07) is 10.8. The van der Waals surface area contributed by atoms with Crippen LogP contribution in [0.4, 0.5) is 10.2 Å². The molecule has 7 nitrogen and oxygen atoms in total. The van der Waals surface area contributed by atoms with Crippen molar-refractivity contribution >= 4 is 28.3 Å². The van der Waals surface area contributed by atoms with E-state index >= 15 is 0 Å². The van der Waals surface area contributed by atoms with Crippen molar-refractivity contribution in [2.24, 2.45) is 0 Å². The van der Waals surface area contributed by atoms with Gasteiger partial charge in [0.2, 0.25) is 5.91 Å². The lowest BCUT2D eigenvalue weighted by molar-refractivity contribution is -0.129. The number of carbonyl (C=O) groups is 1. The number of fused-ring (bicyclic) bond motifs is 2. The molecule has 8 heteroatoms. The Morgan fingerprint density at radius 2 is 2.00 bits per heavy atom. The average molecular weight is 404 g/mol. The number of imidazole rings is 1. The van der Waals surface area contributed by atoms with Crippen LogP contribution in [0.2, 0.25) is 0 Å². The van der Waals surface area contributed by atoms with Gasteiger partial charge in [0.05, 0.1) is 24.0 Å². The topological polar surface area (TPSA) is 66.6 Å². The van der Waals surface area contributed by atoms with Gasteiger partial charge in [-0.25, -0.2) is 13.9 Å². The van der Waals surface area contributed by atoms with Crippen molar-refractivity contribution in [1.82, 2.24) is 24.5 Å². The highest BCUT2D eigenvalue weighted by Crippen LogP contribution is 2.30. The zero-order valence-electron chi connectivity index (χ0n) is 16.8. The quantitative estimate of drug-likeness (QED) is 0.525. The highest BCUT2D eigenvalue weighted by molar-refractivity contribution is 5.82. The second kappa shape index (κ2) is 7.05. The van der Waals surface area contributed by atoms with Gasteiger partial charge in [-0.2, -0.15) is 0 Å². The van der Waals surface area contributed by atoms with Crippen molar-refractivity contribution in [3.8, 4) is 0 Å².